The Morgan fingerprint density at radius 1 is 1.28 bits per heavy atom. The minimum absolute atomic E-state index is 0.0451. The third kappa shape index (κ3) is 4.05. The molecule has 0 unspecified atom stereocenters. The van der Waals surface area contributed by atoms with Gasteiger partial charge in [-0.05, 0) is 52.8 Å². The predicted molar refractivity (Wildman–Crippen MR) is 117 cm³/mol. The number of anilines is 1. The lowest BCUT2D eigenvalue weighted by Gasteiger charge is -2.27. The van der Waals surface area contributed by atoms with E-state index in [1.54, 1.807) is 19.1 Å². The average Bonchev–Trinajstić information content (AvgIpc) is 2.92. The molecule has 2 aromatic rings. The number of rotatable bonds is 7. The highest BCUT2D eigenvalue weighted by Crippen LogP contribution is 2.47. The van der Waals surface area contributed by atoms with Crippen molar-refractivity contribution in [3.8, 4) is 0 Å². The van der Waals surface area contributed by atoms with E-state index in [4.69, 9.17) is 5.11 Å². The first kappa shape index (κ1) is 21.4. The Labute approximate surface area is 182 Å². The topological polar surface area (TPSA) is 104 Å². The van der Waals surface area contributed by atoms with Crippen molar-refractivity contribution in [3.63, 3.8) is 0 Å². The van der Waals surface area contributed by atoms with Crippen LogP contribution in [-0.2, 0) is 16.9 Å². The van der Waals surface area contributed by atoms with Crippen molar-refractivity contribution in [3.05, 3.63) is 79.4 Å². The number of carbonyl (C=O) groups is 1. The van der Waals surface area contributed by atoms with Gasteiger partial charge in [-0.3, -0.25) is 14.9 Å². The maximum Gasteiger partial charge on any atom is 0.269 e. The SMILES string of the molecule is C[C@@H](/C=C/CCO)[C@]1(O)C(=O)N(Cc2ccc(I)cc2)c2ccc([N+](=O)[O-])cc21. The fraction of sp³-hybridized carbons (Fsp3) is 0.286. The summed E-state index contributed by atoms with van der Waals surface area (Å²) >= 11 is 2.20. The van der Waals surface area contributed by atoms with Crippen LogP contribution in [0, 0.1) is 19.6 Å². The molecule has 1 aliphatic heterocycles. The van der Waals surface area contributed by atoms with Crippen LogP contribution in [0.4, 0.5) is 11.4 Å². The van der Waals surface area contributed by atoms with Gasteiger partial charge in [0.25, 0.3) is 11.6 Å². The van der Waals surface area contributed by atoms with Crippen LogP contribution in [0.2, 0.25) is 0 Å². The van der Waals surface area contributed by atoms with E-state index in [2.05, 4.69) is 22.6 Å². The van der Waals surface area contributed by atoms with Gasteiger partial charge in [0.05, 0.1) is 17.2 Å². The molecule has 1 amide bonds. The zero-order valence-corrected chi connectivity index (χ0v) is 17.9. The second kappa shape index (κ2) is 8.60. The number of fused-ring (bicyclic) bond motifs is 1. The second-order valence-electron chi connectivity index (χ2n) is 6.97. The summed E-state index contributed by atoms with van der Waals surface area (Å²) in [6.45, 7) is 1.88. The van der Waals surface area contributed by atoms with E-state index >= 15 is 0 Å². The van der Waals surface area contributed by atoms with Crippen LogP contribution < -0.4 is 4.90 Å². The number of aliphatic hydroxyl groups is 2. The summed E-state index contributed by atoms with van der Waals surface area (Å²) in [6.07, 6.45) is 3.74. The summed E-state index contributed by atoms with van der Waals surface area (Å²) in [6, 6.07) is 11.8. The molecular formula is C21H21IN2O5. The maximum absolute atomic E-state index is 13.3. The van der Waals surface area contributed by atoms with E-state index in [-0.39, 0.29) is 24.4 Å². The molecule has 0 saturated carbocycles. The van der Waals surface area contributed by atoms with Crippen molar-refractivity contribution in [1.82, 2.24) is 0 Å². The van der Waals surface area contributed by atoms with E-state index in [1.807, 2.05) is 24.3 Å². The number of halogens is 1. The average molecular weight is 508 g/mol. The summed E-state index contributed by atoms with van der Waals surface area (Å²) in [5, 5.41) is 31.7. The van der Waals surface area contributed by atoms with Crippen molar-refractivity contribution in [2.24, 2.45) is 5.92 Å². The normalized spacial score (nSPS) is 19.6. The van der Waals surface area contributed by atoms with Gasteiger partial charge in [0.2, 0.25) is 0 Å². The number of benzene rings is 2. The summed E-state index contributed by atoms with van der Waals surface area (Å²) in [7, 11) is 0. The number of nitro benzene ring substituents is 1. The number of aliphatic hydroxyl groups excluding tert-OH is 1. The van der Waals surface area contributed by atoms with Crippen LogP contribution in [-0.4, -0.2) is 27.7 Å². The molecule has 8 heteroatoms. The lowest BCUT2D eigenvalue weighted by atomic mass is 9.82. The fourth-order valence-corrected chi connectivity index (χ4v) is 3.85. The first-order valence-corrected chi connectivity index (χ1v) is 10.2. The molecule has 1 aliphatic rings. The summed E-state index contributed by atoms with van der Waals surface area (Å²) in [5.41, 5.74) is -0.530. The molecule has 29 heavy (non-hydrogen) atoms. The Morgan fingerprint density at radius 3 is 2.59 bits per heavy atom. The zero-order chi connectivity index (χ0) is 21.2. The Kier molecular flexibility index (Phi) is 6.35. The maximum atomic E-state index is 13.3. The van der Waals surface area contributed by atoms with Gasteiger partial charge in [-0.1, -0.05) is 31.2 Å². The predicted octanol–water partition coefficient (Wildman–Crippen LogP) is 3.51. The van der Waals surface area contributed by atoms with Crippen LogP contribution in [0.15, 0.2) is 54.6 Å². The van der Waals surface area contributed by atoms with Crippen molar-refractivity contribution in [1.29, 1.82) is 0 Å². The van der Waals surface area contributed by atoms with Gasteiger partial charge in [0.15, 0.2) is 5.60 Å². The van der Waals surface area contributed by atoms with E-state index in [9.17, 15) is 20.0 Å². The molecule has 0 saturated heterocycles. The van der Waals surface area contributed by atoms with Crippen molar-refractivity contribution < 1.29 is 19.9 Å². The lowest BCUT2D eigenvalue weighted by molar-refractivity contribution is -0.385. The first-order chi connectivity index (χ1) is 13.8. The number of nitrogens with zero attached hydrogens (tertiary/aromatic N) is 2. The van der Waals surface area contributed by atoms with E-state index < -0.39 is 22.3 Å². The van der Waals surface area contributed by atoms with Gasteiger partial charge >= 0.3 is 0 Å². The number of hydrogen-bond acceptors (Lipinski definition) is 5. The standard InChI is InChI=1S/C21H21IN2O5/c1-14(4-2-3-11-25)21(27)18-12-17(24(28)29)9-10-19(18)23(20(21)26)13-15-5-7-16(22)8-6-15/h2,4-10,12,14,25,27H,3,11,13H2,1H3/b4-2+/t14-,21+/m0/s1. The molecule has 3 rings (SSSR count). The van der Waals surface area contributed by atoms with Crippen LogP contribution in [0.1, 0.15) is 24.5 Å². The molecule has 2 N–H and O–H groups in total. The zero-order valence-electron chi connectivity index (χ0n) is 15.8. The van der Waals surface area contributed by atoms with Crippen molar-refractivity contribution in [2.75, 3.05) is 11.5 Å². The summed E-state index contributed by atoms with van der Waals surface area (Å²) in [4.78, 5) is 25.5. The minimum atomic E-state index is -1.92. The van der Waals surface area contributed by atoms with E-state index in [0.29, 0.717) is 12.1 Å². The second-order valence-corrected chi connectivity index (χ2v) is 8.22. The van der Waals surface area contributed by atoms with Crippen molar-refractivity contribution in [2.45, 2.75) is 25.5 Å². The quantitative estimate of drug-likeness (QED) is 0.258. The molecule has 7 nitrogen and oxygen atoms in total. The number of hydrogen-bond donors (Lipinski definition) is 2. The minimum Gasteiger partial charge on any atom is -0.396 e. The Balaban J connectivity index is 2.06. The Morgan fingerprint density at radius 2 is 1.97 bits per heavy atom. The molecular weight excluding hydrogens is 487 g/mol. The monoisotopic (exact) mass is 508 g/mol. The molecule has 0 fully saturated rings. The summed E-state index contributed by atoms with van der Waals surface area (Å²) in [5.74, 6) is -1.16. The highest BCUT2D eigenvalue weighted by molar-refractivity contribution is 14.1. The first-order valence-electron chi connectivity index (χ1n) is 9.14. The molecule has 2 atom stereocenters. The Hall–Kier alpha value is -2.30. The van der Waals surface area contributed by atoms with Gasteiger partial charge in [-0.25, -0.2) is 0 Å². The van der Waals surface area contributed by atoms with Crippen LogP contribution >= 0.6 is 22.6 Å². The molecule has 0 radical (unpaired) electrons. The van der Waals surface area contributed by atoms with Gasteiger partial charge in [0, 0.05) is 33.8 Å². The van der Waals surface area contributed by atoms with Gasteiger partial charge in [0.1, 0.15) is 0 Å². The number of carbonyl (C=O) groups excluding carboxylic acids is 1. The largest absolute Gasteiger partial charge is 0.396 e. The smallest absolute Gasteiger partial charge is 0.269 e. The highest BCUT2D eigenvalue weighted by atomic mass is 127. The van der Waals surface area contributed by atoms with E-state index in [0.717, 1.165) is 9.13 Å². The van der Waals surface area contributed by atoms with Gasteiger partial charge < -0.3 is 15.1 Å². The van der Waals surface area contributed by atoms with Crippen molar-refractivity contribution >= 4 is 39.9 Å². The fourth-order valence-electron chi connectivity index (χ4n) is 3.49. The number of nitro groups is 1. The summed E-state index contributed by atoms with van der Waals surface area (Å²) < 4.78 is 1.06. The van der Waals surface area contributed by atoms with E-state index in [1.165, 1.54) is 23.1 Å². The third-order valence-corrected chi connectivity index (χ3v) is 5.82. The molecule has 1 heterocycles. The highest BCUT2D eigenvalue weighted by Gasteiger charge is 2.53. The Bertz CT molecular complexity index is 960. The molecule has 0 aromatic heterocycles. The van der Waals surface area contributed by atoms with Gasteiger partial charge in [-0.2, -0.15) is 0 Å². The van der Waals surface area contributed by atoms with Gasteiger partial charge in [-0.15, -0.1) is 0 Å². The molecule has 0 aliphatic carbocycles. The number of amides is 1. The molecule has 152 valence electrons. The van der Waals surface area contributed by atoms with Crippen LogP contribution in [0.25, 0.3) is 0 Å². The lowest BCUT2D eigenvalue weighted by Crippen LogP contribution is -2.44. The molecule has 0 spiro atoms. The molecule has 2 aromatic carbocycles. The number of non-ortho nitro benzene ring substituents is 1. The third-order valence-electron chi connectivity index (χ3n) is 5.10. The van der Waals surface area contributed by atoms with Crippen LogP contribution in [0.5, 0.6) is 0 Å². The van der Waals surface area contributed by atoms with Crippen LogP contribution in [0.3, 0.4) is 0 Å². The molecule has 0 bridgehead atoms.